The van der Waals surface area contributed by atoms with E-state index in [1.807, 2.05) is 0 Å². The molecule has 1 rings (SSSR count). The van der Waals surface area contributed by atoms with E-state index in [1.165, 1.54) is 14.0 Å². The molecule has 14 heavy (non-hydrogen) atoms. The van der Waals surface area contributed by atoms with Crippen molar-refractivity contribution in [2.45, 2.75) is 19.8 Å². The van der Waals surface area contributed by atoms with E-state index in [-0.39, 0.29) is 5.91 Å². The van der Waals surface area contributed by atoms with Gasteiger partial charge in [0.25, 0.3) is 0 Å². The summed E-state index contributed by atoms with van der Waals surface area (Å²) in [5.74, 6) is -2.10. The van der Waals surface area contributed by atoms with Gasteiger partial charge in [-0.25, -0.2) is 0 Å². The molecule has 2 amide bonds. The largest absolute Gasteiger partial charge is 0.468 e. The molecular weight excluding hydrogens is 186 g/mol. The van der Waals surface area contributed by atoms with Gasteiger partial charge in [0.05, 0.1) is 7.11 Å². The predicted molar refractivity (Wildman–Crippen MR) is 47.1 cm³/mol. The summed E-state index contributed by atoms with van der Waals surface area (Å²) in [6.07, 6.45) is 1.13. The minimum atomic E-state index is -0.794. The number of likely N-dealkylation sites (tertiary alicyclic amines) is 1. The molecular formula is C9H13NO4. The molecule has 5 nitrogen and oxygen atoms in total. The van der Waals surface area contributed by atoms with Crippen molar-refractivity contribution in [3.05, 3.63) is 0 Å². The number of imide groups is 1. The van der Waals surface area contributed by atoms with Crippen LogP contribution in [0.4, 0.5) is 0 Å². The van der Waals surface area contributed by atoms with Crippen molar-refractivity contribution in [1.82, 2.24) is 4.90 Å². The highest BCUT2D eigenvalue weighted by Gasteiger charge is 2.36. The lowest BCUT2D eigenvalue weighted by molar-refractivity contribution is -0.158. The fourth-order valence-corrected chi connectivity index (χ4v) is 1.55. The summed E-state index contributed by atoms with van der Waals surface area (Å²) in [6.45, 7) is 1.72. The van der Waals surface area contributed by atoms with Gasteiger partial charge in [-0.1, -0.05) is 0 Å². The first kappa shape index (κ1) is 10.7. The zero-order chi connectivity index (χ0) is 10.7. The lowest BCUT2D eigenvalue weighted by Crippen LogP contribution is -2.46. The number of nitrogens with zero attached hydrogens (tertiary/aromatic N) is 1. The van der Waals surface area contributed by atoms with Gasteiger partial charge >= 0.3 is 5.97 Å². The zero-order valence-electron chi connectivity index (χ0n) is 8.28. The number of ether oxygens (including phenoxy) is 1. The molecule has 0 aromatic rings. The summed E-state index contributed by atoms with van der Waals surface area (Å²) in [5, 5.41) is 0. The minimum absolute atomic E-state index is 0.316. The molecule has 0 saturated carbocycles. The van der Waals surface area contributed by atoms with Crippen molar-refractivity contribution in [1.29, 1.82) is 0 Å². The van der Waals surface area contributed by atoms with Crippen LogP contribution in [0.15, 0.2) is 0 Å². The average molecular weight is 199 g/mol. The fourth-order valence-electron chi connectivity index (χ4n) is 1.55. The van der Waals surface area contributed by atoms with E-state index in [0.717, 1.165) is 4.90 Å². The molecule has 1 aliphatic rings. The number of piperidine rings is 1. The van der Waals surface area contributed by atoms with E-state index in [9.17, 15) is 14.4 Å². The number of amides is 2. The van der Waals surface area contributed by atoms with Gasteiger partial charge in [-0.2, -0.15) is 0 Å². The molecule has 1 heterocycles. The Balaban J connectivity index is 2.76. The average Bonchev–Trinajstić information content (AvgIpc) is 2.16. The summed E-state index contributed by atoms with van der Waals surface area (Å²) < 4.78 is 4.49. The molecule has 1 unspecified atom stereocenters. The molecule has 1 aliphatic heterocycles. The van der Waals surface area contributed by atoms with Gasteiger partial charge < -0.3 is 4.74 Å². The van der Waals surface area contributed by atoms with Crippen LogP contribution in [0.3, 0.4) is 0 Å². The maximum Gasteiger partial charge on any atom is 0.318 e. The Labute approximate surface area is 82.0 Å². The summed E-state index contributed by atoms with van der Waals surface area (Å²) >= 11 is 0. The van der Waals surface area contributed by atoms with Gasteiger partial charge in [0.15, 0.2) is 0 Å². The Morgan fingerprint density at radius 1 is 1.50 bits per heavy atom. The molecule has 0 N–H and O–H groups in total. The van der Waals surface area contributed by atoms with Crippen LogP contribution in [0, 0.1) is 5.92 Å². The van der Waals surface area contributed by atoms with Gasteiger partial charge in [0.2, 0.25) is 11.8 Å². The normalized spacial score (nSPS) is 22.0. The Bertz CT molecular complexity index is 274. The Morgan fingerprint density at radius 3 is 2.64 bits per heavy atom. The molecule has 0 aromatic carbocycles. The number of hydrogen-bond donors (Lipinski definition) is 0. The Hall–Kier alpha value is -1.39. The van der Waals surface area contributed by atoms with Crippen molar-refractivity contribution in [2.75, 3.05) is 13.7 Å². The first-order valence-corrected chi connectivity index (χ1v) is 4.47. The van der Waals surface area contributed by atoms with Crippen molar-refractivity contribution in [2.24, 2.45) is 5.92 Å². The van der Waals surface area contributed by atoms with Crippen LogP contribution in [0.25, 0.3) is 0 Å². The predicted octanol–water partition coefficient (Wildman–Crippen LogP) is -0.0555. The van der Waals surface area contributed by atoms with Crippen LogP contribution in [0.1, 0.15) is 19.8 Å². The molecule has 1 fully saturated rings. The van der Waals surface area contributed by atoms with E-state index in [1.54, 1.807) is 0 Å². The molecule has 0 spiro atoms. The molecule has 0 radical (unpaired) electrons. The van der Waals surface area contributed by atoms with Crippen LogP contribution in [0.2, 0.25) is 0 Å². The maximum absolute atomic E-state index is 11.6. The molecule has 0 aromatic heterocycles. The summed E-state index contributed by atoms with van der Waals surface area (Å²) in [5.41, 5.74) is 0. The topological polar surface area (TPSA) is 63.7 Å². The molecule has 0 aliphatic carbocycles. The van der Waals surface area contributed by atoms with Crippen LogP contribution in [-0.4, -0.2) is 36.3 Å². The quantitative estimate of drug-likeness (QED) is 0.438. The standard InChI is InChI=1S/C9H13NO4/c1-6(11)10-5-3-4-7(8(10)12)9(13)14-2/h7H,3-5H2,1-2H3. The molecule has 1 saturated heterocycles. The molecule has 5 heteroatoms. The summed E-state index contributed by atoms with van der Waals surface area (Å²) in [7, 11) is 1.24. The van der Waals surface area contributed by atoms with Crippen LogP contribution in [-0.2, 0) is 19.1 Å². The highest BCUT2D eigenvalue weighted by Crippen LogP contribution is 2.19. The molecule has 1 atom stereocenters. The molecule has 78 valence electrons. The number of carbonyl (C=O) groups excluding carboxylic acids is 3. The highest BCUT2D eigenvalue weighted by atomic mass is 16.5. The van der Waals surface area contributed by atoms with Gasteiger partial charge in [-0.15, -0.1) is 0 Å². The van der Waals surface area contributed by atoms with E-state index >= 15 is 0 Å². The Morgan fingerprint density at radius 2 is 2.14 bits per heavy atom. The monoisotopic (exact) mass is 199 g/mol. The van der Waals surface area contributed by atoms with Crippen molar-refractivity contribution in [3.63, 3.8) is 0 Å². The van der Waals surface area contributed by atoms with E-state index in [0.29, 0.717) is 19.4 Å². The van der Waals surface area contributed by atoms with Crippen LogP contribution in [0.5, 0.6) is 0 Å². The third-order valence-corrected chi connectivity index (χ3v) is 2.30. The SMILES string of the molecule is COC(=O)C1CCCN(C(C)=O)C1=O. The summed E-state index contributed by atoms with van der Waals surface area (Å²) in [6, 6.07) is 0. The first-order chi connectivity index (χ1) is 6.57. The third-order valence-electron chi connectivity index (χ3n) is 2.30. The van der Waals surface area contributed by atoms with E-state index in [4.69, 9.17) is 0 Å². The maximum atomic E-state index is 11.6. The number of carbonyl (C=O) groups is 3. The second kappa shape index (κ2) is 4.21. The van der Waals surface area contributed by atoms with Gasteiger partial charge in [0.1, 0.15) is 5.92 Å². The first-order valence-electron chi connectivity index (χ1n) is 4.47. The number of hydrogen-bond acceptors (Lipinski definition) is 4. The number of methoxy groups -OCH3 is 1. The number of rotatable bonds is 1. The van der Waals surface area contributed by atoms with Crippen molar-refractivity contribution >= 4 is 17.8 Å². The summed E-state index contributed by atoms with van der Waals surface area (Å²) in [4.78, 5) is 34.9. The van der Waals surface area contributed by atoms with Gasteiger partial charge in [0, 0.05) is 13.5 Å². The zero-order valence-corrected chi connectivity index (χ0v) is 8.28. The van der Waals surface area contributed by atoms with Crippen LogP contribution < -0.4 is 0 Å². The van der Waals surface area contributed by atoms with Gasteiger partial charge in [-0.05, 0) is 12.8 Å². The second-order valence-electron chi connectivity index (χ2n) is 3.23. The van der Waals surface area contributed by atoms with Crippen molar-refractivity contribution < 1.29 is 19.1 Å². The van der Waals surface area contributed by atoms with E-state index in [2.05, 4.69) is 4.74 Å². The van der Waals surface area contributed by atoms with Crippen molar-refractivity contribution in [3.8, 4) is 0 Å². The highest BCUT2D eigenvalue weighted by molar-refractivity contribution is 6.05. The molecule has 0 bridgehead atoms. The Kier molecular flexibility index (Phi) is 3.22. The second-order valence-corrected chi connectivity index (χ2v) is 3.23. The minimum Gasteiger partial charge on any atom is -0.468 e. The fraction of sp³-hybridized carbons (Fsp3) is 0.667. The smallest absolute Gasteiger partial charge is 0.318 e. The third kappa shape index (κ3) is 1.92. The van der Waals surface area contributed by atoms with E-state index < -0.39 is 17.8 Å². The number of esters is 1. The lowest BCUT2D eigenvalue weighted by Gasteiger charge is -2.28. The van der Waals surface area contributed by atoms with Gasteiger partial charge in [-0.3, -0.25) is 19.3 Å². The van der Waals surface area contributed by atoms with Crippen LogP contribution >= 0.6 is 0 Å². The lowest BCUT2D eigenvalue weighted by atomic mass is 9.97.